The van der Waals surface area contributed by atoms with Crippen LogP contribution in [0.4, 0.5) is 13.2 Å². The predicted octanol–water partition coefficient (Wildman–Crippen LogP) is 2.67. The summed E-state index contributed by atoms with van der Waals surface area (Å²) < 4.78 is 49.6. The molecule has 29 heavy (non-hydrogen) atoms. The van der Waals surface area contributed by atoms with E-state index in [0.29, 0.717) is 32.3 Å². The number of halogens is 3. The molecule has 1 aromatic carbocycles. The Hall–Kier alpha value is -1.84. The van der Waals surface area contributed by atoms with Gasteiger partial charge in [0.1, 0.15) is 0 Å². The van der Waals surface area contributed by atoms with Crippen molar-refractivity contribution in [3.8, 4) is 0 Å². The normalized spacial score (nSPS) is 17.8. The van der Waals surface area contributed by atoms with Gasteiger partial charge in [-0.25, -0.2) is 0 Å². The molecule has 1 unspecified atom stereocenters. The third-order valence-corrected chi connectivity index (χ3v) is 5.03. The summed E-state index contributed by atoms with van der Waals surface area (Å²) >= 11 is 0. The molecule has 0 spiro atoms. The van der Waals surface area contributed by atoms with E-state index < -0.39 is 11.7 Å². The van der Waals surface area contributed by atoms with Crippen LogP contribution in [0, 0.1) is 0 Å². The van der Waals surface area contributed by atoms with Gasteiger partial charge in [0, 0.05) is 40.3 Å². The lowest BCUT2D eigenvalue weighted by atomic mass is 10.0. The smallest absolute Gasteiger partial charge is 0.379 e. The average molecular weight is 416 g/mol. The second-order valence-corrected chi connectivity index (χ2v) is 7.55. The fourth-order valence-corrected chi connectivity index (χ4v) is 3.02. The largest absolute Gasteiger partial charge is 0.416 e. The van der Waals surface area contributed by atoms with Crippen LogP contribution < -0.4 is 10.6 Å². The Balaban J connectivity index is 2.10. The summed E-state index contributed by atoms with van der Waals surface area (Å²) in [6, 6.07) is 5.27. The van der Waals surface area contributed by atoms with Gasteiger partial charge in [0.2, 0.25) is 0 Å². The fraction of sp³-hybridized carbons (Fsp3) is 0.650. The lowest BCUT2D eigenvalue weighted by molar-refractivity contribution is -0.137. The van der Waals surface area contributed by atoms with Crippen LogP contribution in [0.3, 0.4) is 0 Å². The highest BCUT2D eigenvalue weighted by molar-refractivity contribution is 5.79. The summed E-state index contributed by atoms with van der Waals surface area (Å²) in [5.41, 5.74) is -0.177. The third-order valence-electron chi connectivity index (χ3n) is 5.03. The highest BCUT2D eigenvalue weighted by atomic mass is 19.4. The molecule has 6 nitrogen and oxygen atoms in total. The standard InChI is InChI=1S/C20H31F3N4O2/c1-19(2,28-4)14-26-18(24-3)25-13-17(27-9-11-29-12-10-27)15-5-7-16(8-6-15)20(21,22)23/h5-8,17H,9-14H2,1-4H3,(H2,24,25,26). The van der Waals surface area contributed by atoms with Gasteiger partial charge >= 0.3 is 6.18 Å². The van der Waals surface area contributed by atoms with E-state index in [1.54, 1.807) is 26.3 Å². The van der Waals surface area contributed by atoms with Crippen molar-refractivity contribution in [2.24, 2.45) is 4.99 Å². The zero-order valence-corrected chi connectivity index (χ0v) is 17.5. The predicted molar refractivity (Wildman–Crippen MR) is 107 cm³/mol. The van der Waals surface area contributed by atoms with Crippen molar-refractivity contribution in [2.75, 3.05) is 53.6 Å². The van der Waals surface area contributed by atoms with Gasteiger partial charge in [-0.15, -0.1) is 0 Å². The Bertz CT molecular complexity index is 657. The number of hydrogen-bond donors (Lipinski definition) is 2. The molecule has 164 valence electrons. The van der Waals surface area contributed by atoms with Crippen LogP contribution in [0.15, 0.2) is 29.3 Å². The number of guanidine groups is 1. The van der Waals surface area contributed by atoms with Gasteiger partial charge in [-0.05, 0) is 31.5 Å². The average Bonchev–Trinajstić information content (AvgIpc) is 2.71. The summed E-state index contributed by atoms with van der Waals surface area (Å²) in [6.07, 6.45) is -4.34. The molecule has 0 bridgehead atoms. The summed E-state index contributed by atoms with van der Waals surface area (Å²) in [7, 11) is 3.33. The summed E-state index contributed by atoms with van der Waals surface area (Å²) in [5.74, 6) is 0.611. The topological polar surface area (TPSA) is 58.1 Å². The molecule has 0 amide bonds. The summed E-state index contributed by atoms with van der Waals surface area (Å²) in [5, 5.41) is 6.51. The first-order valence-corrected chi connectivity index (χ1v) is 9.65. The van der Waals surface area contributed by atoms with E-state index in [1.165, 1.54) is 0 Å². The number of nitrogens with zero attached hydrogens (tertiary/aromatic N) is 2. The van der Waals surface area contributed by atoms with Gasteiger partial charge < -0.3 is 20.1 Å². The number of nitrogens with one attached hydrogen (secondary N) is 2. The number of alkyl halides is 3. The molecule has 0 aliphatic carbocycles. The number of ether oxygens (including phenoxy) is 2. The maximum absolute atomic E-state index is 12.9. The van der Waals surface area contributed by atoms with E-state index in [-0.39, 0.29) is 11.6 Å². The highest BCUT2D eigenvalue weighted by Gasteiger charge is 2.31. The zero-order valence-electron chi connectivity index (χ0n) is 17.5. The van der Waals surface area contributed by atoms with E-state index in [1.807, 2.05) is 13.8 Å². The van der Waals surface area contributed by atoms with Gasteiger partial charge in [0.05, 0.1) is 30.4 Å². The van der Waals surface area contributed by atoms with Crippen LogP contribution in [-0.4, -0.2) is 70.0 Å². The molecule has 1 aliphatic heterocycles. The number of hydrogen-bond acceptors (Lipinski definition) is 4. The highest BCUT2D eigenvalue weighted by Crippen LogP contribution is 2.31. The molecule has 1 saturated heterocycles. The molecule has 1 aliphatic rings. The van der Waals surface area contributed by atoms with E-state index >= 15 is 0 Å². The van der Waals surface area contributed by atoms with E-state index in [9.17, 15) is 13.2 Å². The summed E-state index contributed by atoms with van der Waals surface area (Å²) in [6.45, 7) is 7.63. The molecule has 9 heteroatoms. The van der Waals surface area contributed by atoms with Gasteiger partial charge in [0.25, 0.3) is 0 Å². The van der Waals surface area contributed by atoms with Gasteiger partial charge in [-0.2, -0.15) is 13.2 Å². The first-order chi connectivity index (χ1) is 13.7. The molecule has 2 N–H and O–H groups in total. The van der Waals surface area contributed by atoms with Crippen LogP contribution in [-0.2, 0) is 15.7 Å². The van der Waals surface area contributed by atoms with E-state index in [4.69, 9.17) is 9.47 Å². The molecule has 0 aromatic heterocycles. The van der Waals surface area contributed by atoms with Gasteiger partial charge in [0.15, 0.2) is 5.96 Å². The second-order valence-electron chi connectivity index (χ2n) is 7.55. The minimum absolute atomic E-state index is 0.102. The maximum Gasteiger partial charge on any atom is 0.416 e. The first kappa shape index (κ1) is 23.4. The number of morpholine rings is 1. The molecule has 0 radical (unpaired) electrons. The van der Waals surface area contributed by atoms with Crippen LogP contribution >= 0.6 is 0 Å². The molecule has 0 saturated carbocycles. The van der Waals surface area contributed by atoms with Crippen LogP contribution in [0.25, 0.3) is 0 Å². The van der Waals surface area contributed by atoms with Crippen molar-refractivity contribution in [3.05, 3.63) is 35.4 Å². The zero-order chi connectivity index (χ0) is 21.5. The van der Waals surface area contributed by atoms with Crippen molar-refractivity contribution in [3.63, 3.8) is 0 Å². The minimum Gasteiger partial charge on any atom is -0.379 e. The monoisotopic (exact) mass is 416 g/mol. The molecule has 1 heterocycles. The van der Waals surface area contributed by atoms with Crippen molar-refractivity contribution in [2.45, 2.75) is 31.7 Å². The van der Waals surface area contributed by atoms with E-state index in [2.05, 4.69) is 20.5 Å². The number of rotatable bonds is 7. The lowest BCUT2D eigenvalue weighted by Gasteiger charge is -2.35. The quantitative estimate of drug-likeness (QED) is 0.529. The van der Waals surface area contributed by atoms with Crippen molar-refractivity contribution >= 4 is 5.96 Å². The van der Waals surface area contributed by atoms with Gasteiger partial charge in [-0.1, -0.05) is 12.1 Å². The second kappa shape index (κ2) is 10.3. The van der Waals surface area contributed by atoms with Crippen LogP contribution in [0.2, 0.25) is 0 Å². The Morgan fingerprint density at radius 1 is 1.17 bits per heavy atom. The molecule has 1 fully saturated rings. The third kappa shape index (κ3) is 7.17. The SMILES string of the molecule is CN=C(NCC(c1ccc(C(F)(F)F)cc1)N1CCOCC1)NCC(C)(C)OC. The molecular formula is C20H31F3N4O2. The molecule has 1 aromatic rings. The number of aliphatic imine (C=N–C) groups is 1. The Morgan fingerprint density at radius 2 is 1.79 bits per heavy atom. The van der Waals surface area contributed by atoms with E-state index in [0.717, 1.165) is 30.8 Å². The summed E-state index contributed by atoms with van der Waals surface area (Å²) in [4.78, 5) is 6.44. The van der Waals surface area contributed by atoms with Crippen molar-refractivity contribution < 1.29 is 22.6 Å². The van der Waals surface area contributed by atoms with Gasteiger partial charge in [-0.3, -0.25) is 9.89 Å². The van der Waals surface area contributed by atoms with Crippen LogP contribution in [0.1, 0.15) is 31.0 Å². The molecule has 2 rings (SSSR count). The Morgan fingerprint density at radius 3 is 2.31 bits per heavy atom. The lowest BCUT2D eigenvalue weighted by Crippen LogP contribution is -2.49. The number of benzene rings is 1. The number of methoxy groups -OCH3 is 1. The molecule has 1 atom stereocenters. The Kier molecular flexibility index (Phi) is 8.30. The van der Waals surface area contributed by atoms with Crippen LogP contribution in [0.5, 0.6) is 0 Å². The van der Waals surface area contributed by atoms with Crippen molar-refractivity contribution in [1.82, 2.24) is 15.5 Å². The molecular weight excluding hydrogens is 385 g/mol. The van der Waals surface area contributed by atoms with Crippen molar-refractivity contribution in [1.29, 1.82) is 0 Å². The Labute approximate surface area is 170 Å². The minimum atomic E-state index is -4.34. The fourth-order valence-electron chi connectivity index (χ4n) is 3.02. The maximum atomic E-state index is 12.9. The first-order valence-electron chi connectivity index (χ1n) is 9.65.